The fraction of sp³-hybridized carbons (Fsp3) is 0. The maximum absolute atomic E-state index is 13.7. The molecule has 3 nitrogen and oxygen atoms in total. The molecule has 0 spiro atoms. The van der Waals surface area contributed by atoms with Crippen molar-refractivity contribution in [2.45, 2.75) is 0 Å². The molecule has 0 aliphatic carbocycles. The van der Waals surface area contributed by atoms with Crippen molar-refractivity contribution in [2.75, 3.05) is 5.32 Å². The molecule has 0 saturated heterocycles. The van der Waals surface area contributed by atoms with Crippen molar-refractivity contribution in [1.29, 1.82) is 0 Å². The number of hydrogen-bond donors (Lipinski definition) is 2. The SMILES string of the molecule is O=C(O)c1cc(F)c(Nc2c(F)cc(Br)cc2F)c(F)c1. The third-order valence-corrected chi connectivity index (χ3v) is 3.00. The standard InChI is InChI=1S/C13H6BrF4NO2/c14-6-3-9(17)12(10(18)4-6)19-11-7(15)1-5(13(20)21)2-8(11)16/h1-4,19H,(H,20,21). The summed E-state index contributed by atoms with van der Waals surface area (Å²) in [5.41, 5.74) is -2.22. The summed E-state index contributed by atoms with van der Waals surface area (Å²) < 4.78 is 54.7. The van der Waals surface area contributed by atoms with Crippen LogP contribution in [0.3, 0.4) is 0 Å². The van der Waals surface area contributed by atoms with Gasteiger partial charge in [-0.05, 0) is 24.3 Å². The number of halogens is 5. The van der Waals surface area contributed by atoms with Crippen molar-refractivity contribution in [3.8, 4) is 0 Å². The molecule has 0 atom stereocenters. The molecule has 21 heavy (non-hydrogen) atoms. The smallest absolute Gasteiger partial charge is 0.335 e. The lowest BCUT2D eigenvalue weighted by molar-refractivity contribution is 0.0696. The molecule has 110 valence electrons. The van der Waals surface area contributed by atoms with Crippen LogP contribution in [-0.4, -0.2) is 11.1 Å². The molecule has 2 rings (SSSR count). The summed E-state index contributed by atoms with van der Waals surface area (Å²) in [6.45, 7) is 0. The van der Waals surface area contributed by atoms with Crippen molar-refractivity contribution < 1.29 is 27.5 Å². The predicted molar refractivity (Wildman–Crippen MR) is 70.7 cm³/mol. The van der Waals surface area contributed by atoms with Gasteiger partial charge in [-0.3, -0.25) is 0 Å². The van der Waals surface area contributed by atoms with Crippen LogP contribution in [-0.2, 0) is 0 Å². The molecule has 0 saturated carbocycles. The Morgan fingerprint density at radius 3 is 1.67 bits per heavy atom. The number of carboxylic acids is 1. The Hall–Kier alpha value is -2.09. The number of rotatable bonds is 3. The molecule has 0 aliphatic rings. The summed E-state index contributed by atoms with van der Waals surface area (Å²) in [7, 11) is 0. The van der Waals surface area contributed by atoms with Crippen molar-refractivity contribution in [1.82, 2.24) is 0 Å². The van der Waals surface area contributed by atoms with Crippen LogP contribution in [0.1, 0.15) is 10.4 Å². The van der Waals surface area contributed by atoms with Crippen LogP contribution < -0.4 is 5.32 Å². The summed E-state index contributed by atoms with van der Waals surface area (Å²) in [5.74, 6) is -6.23. The van der Waals surface area contributed by atoms with E-state index in [1.807, 2.05) is 5.32 Å². The highest BCUT2D eigenvalue weighted by molar-refractivity contribution is 9.10. The summed E-state index contributed by atoms with van der Waals surface area (Å²) in [6, 6.07) is 2.91. The molecule has 0 bridgehead atoms. The zero-order valence-corrected chi connectivity index (χ0v) is 11.6. The molecular formula is C13H6BrF4NO2. The number of hydrogen-bond acceptors (Lipinski definition) is 2. The molecule has 2 aromatic carbocycles. The predicted octanol–water partition coefficient (Wildman–Crippen LogP) is 4.45. The van der Waals surface area contributed by atoms with E-state index in [9.17, 15) is 22.4 Å². The maximum Gasteiger partial charge on any atom is 0.335 e. The highest BCUT2D eigenvalue weighted by Gasteiger charge is 2.18. The highest BCUT2D eigenvalue weighted by atomic mass is 79.9. The zero-order valence-electron chi connectivity index (χ0n) is 10.1. The molecule has 0 amide bonds. The second-order valence-electron chi connectivity index (χ2n) is 3.99. The first kappa shape index (κ1) is 15.3. The van der Waals surface area contributed by atoms with Crippen LogP contribution >= 0.6 is 15.9 Å². The number of carboxylic acid groups (broad SMARTS) is 1. The number of nitrogens with one attached hydrogen (secondary N) is 1. The summed E-state index contributed by atoms with van der Waals surface area (Å²) in [5, 5.41) is 10.6. The third-order valence-electron chi connectivity index (χ3n) is 2.55. The first-order chi connectivity index (χ1) is 9.79. The van der Waals surface area contributed by atoms with E-state index in [1.54, 1.807) is 0 Å². The number of aromatic carboxylic acids is 1. The van der Waals surface area contributed by atoms with Gasteiger partial charge in [0.1, 0.15) is 11.4 Å². The van der Waals surface area contributed by atoms with E-state index in [-0.39, 0.29) is 4.47 Å². The average molecular weight is 364 g/mol. The molecule has 0 unspecified atom stereocenters. The Bertz CT molecular complexity index is 690. The molecule has 0 radical (unpaired) electrons. The number of benzene rings is 2. The fourth-order valence-corrected chi connectivity index (χ4v) is 2.00. The minimum absolute atomic E-state index is 0.116. The van der Waals surface area contributed by atoms with E-state index < -0.39 is 46.2 Å². The molecule has 0 fully saturated rings. The second kappa shape index (κ2) is 5.72. The monoisotopic (exact) mass is 363 g/mol. The van der Waals surface area contributed by atoms with Crippen LogP contribution in [0.4, 0.5) is 28.9 Å². The van der Waals surface area contributed by atoms with Gasteiger partial charge in [0.25, 0.3) is 0 Å². The first-order valence-corrected chi connectivity index (χ1v) is 6.23. The highest BCUT2D eigenvalue weighted by Crippen LogP contribution is 2.30. The van der Waals surface area contributed by atoms with Gasteiger partial charge >= 0.3 is 5.97 Å². The number of anilines is 2. The largest absolute Gasteiger partial charge is 0.478 e. The van der Waals surface area contributed by atoms with Crippen molar-refractivity contribution >= 4 is 33.3 Å². The van der Waals surface area contributed by atoms with Crippen molar-refractivity contribution in [3.63, 3.8) is 0 Å². The minimum Gasteiger partial charge on any atom is -0.478 e. The van der Waals surface area contributed by atoms with Gasteiger partial charge in [-0.25, -0.2) is 22.4 Å². The van der Waals surface area contributed by atoms with Gasteiger partial charge in [-0.15, -0.1) is 0 Å². The molecule has 2 aromatic rings. The van der Waals surface area contributed by atoms with E-state index in [0.29, 0.717) is 12.1 Å². The van der Waals surface area contributed by atoms with E-state index in [2.05, 4.69) is 15.9 Å². The van der Waals surface area contributed by atoms with E-state index >= 15 is 0 Å². The van der Waals surface area contributed by atoms with Gasteiger partial charge < -0.3 is 10.4 Å². The van der Waals surface area contributed by atoms with Crippen LogP contribution in [0.15, 0.2) is 28.7 Å². The van der Waals surface area contributed by atoms with Gasteiger partial charge in [-0.2, -0.15) is 0 Å². The molecule has 2 N–H and O–H groups in total. The second-order valence-corrected chi connectivity index (χ2v) is 4.91. The Kier molecular flexibility index (Phi) is 4.17. The van der Waals surface area contributed by atoms with Crippen LogP contribution in [0.5, 0.6) is 0 Å². The van der Waals surface area contributed by atoms with E-state index in [1.165, 1.54) is 0 Å². The molecule has 0 heterocycles. The lowest BCUT2D eigenvalue weighted by Crippen LogP contribution is -2.05. The van der Waals surface area contributed by atoms with E-state index in [0.717, 1.165) is 12.1 Å². The lowest BCUT2D eigenvalue weighted by atomic mass is 10.1. The molecule has 0 aromatic heterocycles. The van der Waals surface area contributed by atoms with Crippen molar-refractivity contribution in [2.24, 2.45) is 0 Å². The summed E-state index contributed by atoms with van der Waals surface area (Å²) >= 11 is 2.87. The zero-order chi connectivity index (χ0) is 15.7. The van der Waals surface area contributed by atoms with Gasteiger partial charge in [-0.1, -0.05) is 15.9 Å². The van der Waals surface area contributed by atoms with Crippen LogP contribution in [0, 0.1) is 23.3 Å². The lowest BCUT2D eigenvalue weighted by Gasteiger charge is -2.11. The Balaban J connectivity index is 2.48. The average Bonchev–Trinajstić information content (AvgIpc) is 2.35. The normalized spacial score (nSPS) is 10.5. The first-order valence-electron chi connectivity index (χ1n) is 5.43. The van der Waals surface area contributed by atoms with E-state index in [4.69, 9.17) is 5.11 Å². The Morgan fingerprint density at radius 1 is 0.905 bits per heavy atom. The fourth-order valence-electron chi connectivity index (χ4n) is 1.60. The topological polar surface area (TPSA) is 49.3 Å². The Morgan fingerprint density at radius 2 is 1.29 bits per heavy atom. The molecular weight excluding hydrogens is 358 g/mol. The quantitative estimate of drug-likeness (QED) is 0.792. The van der Waals surface area contributed by atoms with Gasteiger partial charge in [0, 0.05) is 4.47 Å². The molecule has 8 heteroatoms. The van der Waals surface area contributed by atoms with Gasteiger partial charge in [0.2, 0.25) is 0 Å². The summed E-state index contributed by atoms with van der Waals surface area (Å²) in [4.78, 5) is 10.6. The van der Waals surface area contributed by atoms with Crippen molar-refractivity contribution in [3.05, 3.63) is 57.6 Å². The number of carbonyl (C=O) groups is 1. The summed E-state index contributed by atoms with van der Waals surface area (Å²) in [6.07, 6.45) is 0. The van der Waals surface area contributed by atoms with Gasteiger partial charge in [0.15, 0.2) is 23.3 Å². The Labute approximate surface area is 124 Å². The molecule has 0 aliphatic heterocycles. The minimum atomic E-state index is -1.53. The van der Waals surface area contributed by atoms with Gasteiger partial charge in [0.05, 0.1) is 5.56 Å². The van der Waals surface area contributed by atoms with Crippen LogP contribution in [0.25, 0.3) is 0 Å². The maximum atomic E-state index is 13.7. The van der Waals surface area contributed by atoms with Crippen LogP contribution in [0.2, 0.25) is 0 Å². The third kappa shape index (κ3) is 3.15.